The van der Waals surface area contributed by atoms with Gasteiger partial charge in [0.2, 0.25) is 0 Å². The zero-order valence-electron chi connectivity index (χ0n) is 17.5. The van der Waals surface area contributed by atoms with Gasteiger partial charge in [-0.3, -0.25) is 0 Å². The fraction of sp³-hybridized carbons (Fsp3) is 0.429. The molecular weight excluding hydrogens is 422 g/mol. The molecule has 1 fully saturated rings. The van der Waals surface area contributed by atoms with Gasteiger partial charge in [-0.2, -0.15) is 5.10 Å². The van der Waals surface area contributed by atoms with Crippen molar-refractivity contribution in [3.05, 3.63) is 53.7 Å². The Labute approximate surface area is 183 Å². The Hall–Kier alpha value is -2.16. The van der Waals surface area contributed by atoms with E-state index in [1.807, 2.05) is 36.3 Å². The van der Waals surface area contributed by atoms with E-state index < -0.39 is 9.84 Å². The normalized spacial score (nSPS) is 17.8. The molecular formula is C21H28ClN5O2S. The van der Waals surface area contributed by atoms with E-state index in [0.29, 0.717) is 13.0 Å². The zero-order valence-corrected chi connectivity index (χ0v) is 19.1. The Balaban J connectivity index is 0.00000256. The second-order valence-electron chi connectivity index (χ2n) is 7.77. The summed E-state index contributed by atoms with van der Waals surface area (Å²) in [6.07, 6.45) is 4.39. The molecule has 0 aliphatic carbocycles. The van der Waals surface area contributed by atoms with Crippen molar-refractivity contribution in [1.29, 1.82) is 0 Å². The largest absolute Gasteiger partial charge is 0.329 e. The van der Waals surface area contributed by atoms with Gasteiger partial charge in [-0.1, -0.05) is 18.2 Å². The van der Waals surface area contributed by atoms with Gasteiger partial charge in [-0.15, -0.1) is 12.4 Å². The summed E-state index contributed by atoms with van der Waals surface area (Å²) >= 11 is 0. The highest BCUT2D eigenvalue weighted by molar-refractivity contribution is 7.91. The number of para-hydroxylation sites is 1. The van der Waals surface area contributed by atoms with Gasteiger partial charge in [0.1, 0.15) is 0 Å². The van der Waals surface area contributed by atoms with Crippen LogP contribution in [-0.2, 0) is 16.4 Å². The molecule has 9 heteroatoms. The van der Waals surface area contributed by atoms with Crippen LogP contribution in [0.1, 0.15) is 23.4 Å². The van der Waals surface area contributed by atoms with Crippen LogP contribution in [0.3, 0.4) is 0 Å². The van der Waals surface area contributed by atoms with Crippen LogP contribution in [0.15, 0.2) is 36.8 Å². The molecule has 0 radical (unpaired) electrons. The molecule has 0 amide bonds. The molecule has 0 spiro atoms. The third-order valence-electron chi connectivity index (χ3n) is 5.62. The molecule has 3 aromatic rings. The van der Waals surface area contributed by atoms with Crippen molar-refractivity contribution in [3.63, 3.8) is 0 Å². The molecule has 1 aliphatic heterocycles. The number of hydrogen-bond donors (Lipinski definition) is 1. The Kier molecular flexibility index (Phi) is 6.69. The highest BCUT2D eigenvalue weighted by Gasteiger charge is 2.27. The summed E-state index contributed by atoms with van der Waals surface area (Å²) < 4.78 is 27.4. The number of rotatable bonds is 6. The summed E-state index contributed by atoms with van der Waals surface area (Å²) in [6, 6.07) is 8.28. The summed E-state index contributed by atoms with van der Waals surface area (Å²) in [5, 5.41) is 8.16. The van der Waals surface area contributed by atoms with Gasteiger partial charge < -0.3 is 9.88 Å². The first-order valence-electron chi connectivity index (χ1n) is 9.92. The first-order valence-corrected chi connectivity index (χ1v) is 11.7. The Morgan fingerprint density at radius 2 is 1.97 bits per heavy atom. The molecule has 30 heavy (non-hydrogen) atoms. The smallest absolute Gasteiger partial charge is 0.151 e. The average molecular weight is 450 g/mol. The van der Waals surface area contributed by atoms with Gasteiger partial charge in [0.25, 0.3) is 0 Å². The molecule has 1 atom stereocenters. The monoisotopic (exact) mass is 449 g/mol. The molecule has 1 unspecified atom stereocenters. The minimum absolute atomic E-state index is 0. The molecule has 0 bridgehead atoms. The van der Waals surface area contributed by atoms with Gasteiger partial charge in [0, 0.05) is 24.7 Å². The predicted molar refractivity (Wildman–Crippen MR) is 121 cm³/mol. The van der Waals surface area contributed by atoms with Gasteiger partial charge in [0.15, 0.2) is 9.84 Å². The van der Waals surface area contributed by atoms with E-state index in [1.165, 1.54) is 5.56 Å². The standard InChI is InChI=1S/C21H27N5O2S.ClH/c1-15-6-4-5-7-19(15)26-17(3)21(16(2)24-26)20-12-22-14-25(20)10-9-23-18-8-11-29(27,28)13-18;/h4-7,12,14,18,23H,8-11,13H2,1-3H3;1H. The maximum Gasteiger partial charge on any atom is 0.151 e. The first-order chi connectivity index (χ1) is 13.9. The third kappa shape index (κ3) is 4.45. The topological polar surface area (TPSA) is 81.8 Å². The number of nitrogens with zero attached hydrogens (tertiary/aromatic N) is 4. The molecule has 0 saturated carbocycles. The SMILES string of the molecule is Cc1ccccc1-n1nc(C)c(-c2cncn2CCNC2CCS(=O)(=O)C2)c1C.Cl. The number of sulfone groups is 1. The lowest BCUT2D eigenvalue weighted by Gasteiger charge is -2.13. The van der Waals surface area contributed by atoms with Crippen LogP contribution in [-0.4, -0.2) is 51.8 Å². The van der Waals surface area contributed by atoms with Crippen molar-refractivity contribution >= 4 is 22.2 Å². The van der Waals surface area contributed by atoms with E-state index >= 15 is 0 Å². The molecule has 1 aromatic carbocycles. The molecule has 1 saturated heterocycles. The second kappa shape index (κ2) is 8.91. The second-order valence-corrected chi connectivity index (χ2v) is 10.00. The lowest BCUT2D eigenvalue weighted by atomic mass is 10.1. The van der Waals surface area contributed by atoms with Crippen LogP contribution in [0, 0.1) is 20.8 Å². The molecule has 4 rings (SSSR count). The van der Waals surface area contributed by atoms with E-state index in [4.69, 9.17) is 5.10 Å². The Bertz CT molecular complexity index is 1140. The summed E-state index contributed by atoms with van der Waals surface area (Å²) in [7, 11) is -2.86. The van der Waals surface area contributed by atoms with Crippen molar-refractivity contribution in [3.8, 4) is 16.9 Å². The van der Waals surface area contributed by atoms with E-state index in [9.17, 15) is 8.42 Å². The van der Waals surface area contributed by atoms with Crippen LogP contribution in [0.2, 0.25) is 0 Å². The van der Waals surface area contributed by atoms with Gasteiger partial charge in [-0.05, 0) is 38.8 Å². The quantitative estimate of drug-likeness (QED) is 0.625. The van der Waals surface area contributed by atoms with Crippen molar-refractivity contribution in [2.24, 2.45) is 0 Å². The van der Waals surface area contributed by atoms with Crippen molar-refractivity contribution in [2.45, 2.75) is 39.8 Å². The molecule has 2 aromatic heterocycles. The third-order valence-corrected chi connectivity index (χ3v) is 7.39. The van der Waals surface area contributed by atoms with Crippen LogP contribution in [0.25, 0.3) is 16.9 Å². The fourth-order valence-electron chi connectivity index (χ4n) is 4.10. The first kappa shape index (κ1) is 22.5. The van der Waals surface area contributed by atoms with Crippen molar-refractivity contribution < 1.29 is 8.42 Å². The van der Waals surface area contributed by atoms with Crippen LogP contribution < -0.4 is 5.32 Å². The molecule has 7 nitrogen and oxygen atoms in total. The minimum Gasteiger partial charge on any atom is -0.329 e. The number of aromatic nitrogens is 4. The maximum absolute atomic E-state index is 11.6. The molecule has 1 N–H and O–H groups in total. The van der Waals surface area contributed by atoms with E-state index in [0.717, 1.165) is 34.9 Å². The van der Waals surface area contributed by atoms with E-state index in [-0.39, 0.29) is 30.0 Å². The fourth-order valence-corrected chi connectivity index (χ4v) is 5.81. The summed E-state index contributed by atoms with van der Waals surface area (Å²) in [5.74, 6) is 0.530. The Morgan fingerprint density at radius 3 is 2.67 bits per heavy atom. The number of halogens is 1. The van der Waals surface area contributed by atoms with Crippen molar-refractivity contribution in [2.75, 3.05) is 18.1 Å². The van der Waals surface area contributed by atoms with Gasteiger partial charge in [-0.25, -0.2) is 18.1 Å². The highest BCUT2D eigenvalue weighted by atomic mass is 35.5. The summed E-state index contributed by atoms with van der Waals surface area (Å²) in [4.78, 5) is 4.36. The number of benzene rings is 1. The van der Waals surface area contributed by atoms with Crippen LogP contribution in [0.5, 0.6) is 0 Å². The molecule has 1 aliphatic rings. The van der Waals surface area contributed by atoms with Crippen molar-refractivity contribution in [1.82, 2.24) is 24.6 Å². The van der Waals surface area contributed by atoms with Gasteiger partial charge >= 0.3 is 0 Å². The van der Waals surface area contributed by atoms with Crippen LogP contribution >= 0.6 is 12.4 Å². The summed E-state index contributed by atoms with van der Waals surface area (Å²) in [5.41, 5.74) is 6.41. The highest BCUT2D eigenvalue weighted by Crippen LogP contribution is 2.29. The maximum atomic E-state index is 11.6. The number of aryl methyl sites for hydroxylation is 2. The number of nitrogens with one attached hydrogen (secondary N) is 1. The minimum atomic E-state index is -2.86. The molecule has 162 valence electrons. The number of imidazole rings is 1. The lowest BCUT2D eigenvalue weighted by Crippen LogP contribution is -2.32. The Morgan fingerprint density at radius 1 is 1.20 bits per heavy atom. The lowest BCUT2D eigenvalue weighted by molar-refractivity contribution is 0.521. The van der Waals surface area contributed by atoms with E-state index in [1.54, 1.807) is 0 Å². The van der Waals surface area contributed by atoms with Gasteiger partial charge in [0.05, 0.1) is 46.8 Å². The average Bonchev–Trinajstić information content (AvgIpc) is 3.34. The molecule has 3 heterocycles. The summed E-state index contributed by atoms with van der Waals surface area (Å²) in [6.45, 7) is 7.62. The predicted octanol–water partition coefficient (Wildman–Crippen LogP) is 2.86. The van der Waals surface area contributed by atoms with E-state index in [2.05, 4.69) is 40.8 Å². The zero-order chi connectivity index (χ0) is 20.6. The number of hydrogen-bond acceptors (Lipinski definition) is 5. The van der Waals surface area contributed by atoms with Crippen LogP contribution in [0.4, 0.5) is 0 Å².